The first-order valence-corrected chi connectivity index (χ1v) is 11.6. The largest absolute Gasteiger partial charge is 0.465 e. The molecule has 3 aromatic heterocycles. The summed E-state index contributed by atoms with van der Waals surface area (Å²) >= 11 is 0. The zero-order valence-electron chi connectivity index (χ0n) is 20.7. The Morgan fingerprint density at radius 1 is 1.08 bits per heavy atom. The number of alkyl carbamates (subject to hydrolysis) is 1. The Hall–Kier alpha value is -4.28. The van der Waals surface area contributed by atoms with Crippen molar-refractivity contribution >= 4 is 39.6 Å². The standard InChI is InChI=1S/C25H29N7O4/c1-25(2,3)36-24(34)28-10-7-17-15-32(31-30-17)12-11-27-22-19-8-9-26-14-20(19)18-6-5-16(23(33)35-4)13-21(18)29-22/h5-6,8-9,13-15H,7,10-12H2,1-4H3,(H,27,29)(H,28,34). The molecule has 4 aromatic rings. The van der Waals surface area contributed by atoms with Gasteiger partial charge >= 0.3 is 12.1 Å². The molecular weight excluding hydrogens is 462 g/mol. The third-order valence-electron chi connectivity index (χ3n) is 5.29. The van der Waals surface area contributed by atoms with Gasteiger partial charge in [0.25, 0.3) is 0 Å². The smallest absolute Gasteiger partial charge is 0.407 e. The molecular formula is C25H29N7O4. The van der Waals surface area contributed by atoms with Crippen LogP contribution >= 0.6 is 0 Å². The van der Waals surface area contributed by atoms with Crippen LogP contribution in [-0.2, 0) is 22.4 Å². The molecule has 0 fully saturated rings. The van der Waals surface area contributed by atoms with Crippen LogP contribution in [0.15, 0.2) is 42.9 Å². The van der Waals surface area contributed by atoms with Gasteiger partial charge in [-0.2, -0.15) is 0 Å². The van der Waals surface area contributed by atoms with Crippen LogP contribution in [0.1, 0.15) is 36.8 Å². The summed E-state index contributed by atoms with van der Waals surface area (Å²) in [4.78, 5) is 32.7. The van der Waals surface area contributed by atoms with Gasteiger partial charge < -0.3 is 20.1 Å². The van der Waals surface area contributed by atoms with E-state index >= 15 is 0 Å². The summed E-state index contributed by atoms with van der Waals surface area (Å²) in [6.07, 6.45) is 5.44. The van der Waals surface area contributed by atoms with Crippen LogP contribution in [0.5, 0.6) is 0 Å². The summed E-state index contributed by atoms with van der Waals surface area (Å²) in [5.41, 5.74) is 1.33. The Kier molecular flexibility index (Phi) is 7.28. The highest BCUT2D eigenvalue weighted by molar-refractivity contribution is 6.10. The van der Waals surface area contributed by atoms with Crippen LogP contribution in [0.2, 0.25) is 0 Å². The highest BCUT2D eigenvalue weighted by Crippen LogP contribution is 2.29. The summed E-state index contributed by atoms with van der Waals surface area (Å²) in [6, 6.07) is 7.20. The second-order valence-electron chi connectivity index (χ2n) is 9.18. The second-order valence-corrected chi connectivity index (χ2v) is 9.18. The van der Waals surface area contributed by atoms with Crippen molar-refractivity contribution in [3.63, 3.8) is 0 Å². The Morgan fingerprint density at radius 3 is 2.69 bits per heavy atom. The van der Waals surface area contributed by atoms with Gasteiger partial charge in [0.05, 0.1) is 30.4 Å². The number of benzene rings is 1. The van der Waals surface area contributed by atoms with Gasteiger partial charge in [-0.15, -0.1) is 5.10 Å². The molecule has 0 aliphatic rings. The molecule has 188 valence electrons. The molecule has 2 N–H and O–H groups in total. The maximum absolute atomic E-state index is 12.0. The van der Waals surface area contributed by atoms with E-state index in [9.17, 15) is 9.59 Å². The van der Waals surface area contributed by atoms with E-state index < -0.39 is 17.7 Å². The highest BCUT2D eigenvalue weighted by atomic mass is 16.6. The first-order valence-electron chi connectivity index (χ1n) is 11.6. The number of carbonyl (C=O) groups excluding carboxylic acids is 2. The molecule has 3 heterocycles. The van der Waals surface area contributed by atoms with E-state index in [0.717, 1.165) is 21.9 Å². The predicted octanol–water partition coefficient (Wildman–Crippen LogP) is 3.34. The van der Waals surface area contributed by atoms with Gasteiger partial charge in [0.2, 0.25) is 0 Å². The zero-order valence-corrected chi connectivity index (χ0v) is 20.7. The molecule has 0 radical (unpaired) electrons. The molecule has 0 unspecified atom stereocenters. The van der Waals surface area contributed by atoms with Crippen molar-refractivity contribution in [1.29, 1.82) is 0 Å². The van der Waals surface area contributed by atoms with E-state index in [4.69, 9.17) is 14.5 Å². The van der Waals surface area contributed by atoms with E-state index in [-0.39, 0.29) is 0 Å². The van der Waals surface area contributed by atoms with Gasteiger partial charge in [-0.05, 0) is 39.0 Å². The van der Waals surface area contributed by atoms with E-state index in [1.807, 2.05) is 39.1 Å². The number of methoxy groups -OCH3 is 1. The number of hydrogen-bond acceptors (Lipinski definition) is 9. The number of aromatic nitrogens is 5. The second kappa shape index (κ2) is 10.5. The van der Waals surface area contributed by atoms with E-state index in [2.05, 4.69) is 25.9 Å². The molecule has 0 atom stereocenters. The lowest BCUT2D eigenvalue weighted by Crippen LogP contribution is -2.33. The van der Waals surface area contributed by atoms with Gasteiger partial charge in [-0.1, -0.05) is 11.3 Å². The number of fused-ring (bicyclic) bond motifs is 3. The summed E-state index contributed by atoms with van der Waals surface area (Å²) in [7, 11) is 1.35. The molecule has 0 saturated heterocycles. The Morgan fingerprint density at radius 2 is 1.92 bits per heavy atom. The van der Waals surface area contributed by atoms with Crippen LogP contribution in [0.3, 0.4) is 0 Å². The molecule has 0 bridgehead atoms. The number of rotatable bonds is 8. The zero-order chi connectivity index (χ0) is 25.7. The van der Waals surface area contributed by atoms with Crippen molar-refractivity contribution in [3.8, 4) is 0 Å². The number of hydrogen-bond donors (Lipinski definition) is 2. The van der Waals surface area contributed by atoms with E-state index in [1.54, 1.807) is 29.2 Å². The molecule has 1 aromatic carbocycles. The molecule has 0 spiro atoms. The molecule has 0 aliphatic carbocycles. The monoisotopic (exact) mass is 491 g/mol. The summed E-state index contributed by atoms with van der Waals surface area (Å²) in [6.45, 7) is 6.96. The van der Waals surface area contributed by atoms with E-state index in [0.29, 0.717) is 43.0 Å². The lowest BCUT2D eigenvalue weighted by Gasteiger charge is -2.19. The summed E-state index contributed by atoms with van der Waals surface area (Å²) in [5.74, 6) is 0.270. The molecule has 4 rings (SSSR count). The first kappa shape index (κ1) is 24.8. The Bertz CT molecular complexity index is 1390. The van der Waals surface area contributed by atoms with Crippen molar-refractivity contribution in [2.24, 2.45) is 0 Å². The van der Waals surface area contributed by atoms with Gasteiger partial charge in [-0.25, -0.2) is 14.6 Å². The first-order chi connectivity index (χ1) is 17.2. The number of esters is 1. The fourth-order valence-corrected chi connectivity index (χ4v) is 3.69. The minimum absolute atomic E-state index is 0.403. The van der Waals surface area contributed by atoms with Crippen LogP contribution in [0, 0.1) is 0 Å². The Labute approximate surface area is 208 Å². The van der Waals surface area contributed by atoms with Crippen molar-refractivity contribution in [2.45, 2.75) is 39.3 Å². The molecule has 11 nitrogen and oxygen atoms in total. The predicted molar refractivity (Wildman–Crippen MR) is 135 cm³/mol. The van der Waals surface area contributed by atoms with Crippen LogP contribution in [-0.4, -0.2) is 62.8 Å². The van der Waals surface area contributed by atoms with Crippen molar-refractivity contribution in [3.05, 3.63) is 54.1 Å². The number of nitrogens with zero attached hydrogens (tertiary/aromatic N) is 5. The normalized spacial score (nSPS) is 11.4. The van der Waals surface area contributed by atoms with Gasteiger partial charge in [0.15, 0.2) is 0 Å². The minimum atomic E-state index is -0.536. The third-order valence-corrected chi connectivity index (χ3v) is 5.29. The number of ether oxygens (including phenoxy) is 2. The van der Waals surface area contributed by atoms with Gasteiger partial charge in [0.1, 0.15) is 11.4 Å². The quantitative estimate of drug-likeness (QED) is 0.281. The molecule has 36 heavy (non-hydrogen) atoms. The average molecular weight is 492 g/mol. The lowest BCUT2D eigenvalue weighted by molar-refractivity contribution is 0.0527. The summed E-state index contributed by atoms with van der Waals surface area (Å²) < 4.78 is 11.8. The Balaban J connectivity index is 1.40. The lowest BCUT2D eigenvalue weighted by atomic mass is 10.1. The average Bonchev–Trinajstić information content (AvgIpc) is 3.29. The molecule has 0 saturated carbocycles. The molecule has 1 amide bonds. The van der Waals surface area contributed by atoms with Crippen molar-refractivity contribution in [1.82, 2.24) is 30.3 Å². The fraction of sp³-hybridized carbons (Fsp3) is 0.360. The summed E-state index contributed by atoms with van der Waals surface area (Å²) in [5, 5.41) is 17.2. The highest BCUT2D eigenvalue weighted by Gasteiger charge is 2.16. The van der Waals surface area contributed by atoms with Gasteiger partial charge in [-0.3, -0.25) is 9.67 Å². The topological polar surface area (TPSA) is 133 Å². The third kappa shape index (κ3) is 6.04. The van der Waals surface area contributed by atoms with Crippen LogP contribution < -0.4 is 10.6 Å². The maximum atomic E-state index is 12.0. The molecule has 11 heteroatoms. The van der Waals surface area contributed by atoms with Crippen molar-refractivity contribution in [2.75, 3.05) is 25.5 Å². The maximum Gasteiger partial charge on any atom is 0.407 e. The number of carbonyl (C=O) groups is 2. The van der Waals surface area contributed by atoms with E-state index in [1.165, 1.54) is 7.11 Å². The van der Waals surface area contributed by atoms with Gasteiger partial charge in [0, 0.05) is 54.3 Å². The number of anilines is 1. The number of nitrogens with one attached hydrogen (secondary N) is 2. The number of amides is 1. The minimum Gasteiger partial charge on any atom is -0.465 e. The SMILES string of the molecule is COC(=O)c1ccc2c(c1)nc(NCCn1cc(CCNC(=O)OC(C)(C)C)nn1)c1ccncc12. The number of pyridine rings is 2. The fourth-order valence-electron chi connectivity index (χ4n) is 3.69. The van der Waals surface area contributed by atoms with Crippen LogP contribution in [0.25, 0.3) is 21.7 Å². The van der Waals surface area contributed by atoms with Crippen molar-refractivity contribution < 1.29 is 19.1 Å². The molecule has 0 aliphatic heterocycles. The van der Waals surface area contributed by atoms with Crippen LogP contribution in [0.4, 0.5) is 10.6 Å².